The first-order valence-corrected chi connectivity index (χ1v) is 7.81. The average Bonchev–Trinajstić information content (AvgIpc) is 3.12. The lowest BCUT2D eigenvalue weighted by Crippen LogP contribution is -2.46. The van der Waals surface area contributed by atoms with E-state index in [1.165, 1.54) is 0 Å². The van der Waals surface area contributed by atoms with Crippen LogP contribution in [0.15, 0.2) is 0 Å². The predicted octanol–water partition coefficient (Wildman–Crippen LogP) is -1.07. The minimum atomic E-state index is 0.275. The molecule has 4 rings (SSSR count). The Labute approximate surface area is 121 Å². The summed E-state index contributed by atoms with van der Waals surface area (Å²) in [5, 5.41) is 0. The monoisotopic (exact) mass is 282 g/mol. The molecular formula is C14H26N4O2. The molecular weight excluding hydrogens is 256 g/mol. The molecule has 4 atom stereocenters. The molecule has 6 nitrogen and oxygen atoms in total. The van der Waals surface area contributed by atoms with Gasteiger partial charge in [0.05, 0.1) is 38.6 Å². The smallest absolute Gasteiger partial charge is 0.103 e. The Morgan fingerprint density at radius 3 is 1.50 bits per heavy atom. The van der Waals surface area contributed by atoms with Crippen molar-refractivity contribution in [2.75, 3.05) is 66.8 Å². The molecule has 0 amide bonds. The van der Waals surface area contributed by atoms with Gasteiger partial charge >= 0.3 is 0 Å². The second kappa shape index (κ2) is 5.19. The number of nitrogens with zero attached hydrogens (tertiary/aromatic N) is 4. The van der Waals surface area contributed by atoms with Crippen molar-refractivity contribution in [3.05, 3.63) is 0 Å². The van der Waals surface area contributed by atoms with Crippen molar-refractivity contribution in [1.29, 1.82) is 0 Å². The van der Waals surface area contributed by atoms with Crippen LogP contribution >= 0.6 is 0 Å². The van der Waals surface area contributed by atoms with Gasteiger partial charge < -0.3 is 9.47 Å². The molecule has 6 heteroatoms. The maximum atomic E-state index is 6.15. The zero-order chi connectivity index (χ0) is 13.7. The molecule has 4 heterocycles. The van der Waals surface area contributed by atoms with Crippen molar-refractivity contribution in [3.8, 4) is 0 Å². The van der Waals surface area contributed by atoms with E-state index in [1.54, 1.807) is 0 Å². The van der Waals surface area contributed by atoms with E-state index in [1.807, 2.05) is 0 Å². The maximum Gasteiger partial charge on any atom is 0.103 e. The third kappa shape index (κ3) is 2.19. The van der Waals surface area contributed by atoms with E-state index >= 15 is 0 Å². The van der Waals surface area contributed by atoms with E-state index in [4.69, 9.17) is 9.47 Å². The quantitative estimate of drug-likeness (QED) is 0.641. The fraction of sp³-hybridized carbons (Fsp3) is 1.00. The second-order valence-corrected chi connectivity index (χ2v) is 6.80. The lowest BCUT2D eigenvalue weighted by Gasteiger charge is -2.27. The lowest BCUT2D eigenvalue weighted by molar-refractivity contribution is 0.0367. The van der Waals surface area contributed by atoms with Gasteiger partial charge in [-0.1, -0.05) is 0 Å². The second-order valence-electron chi connectivity index (χ2n) is 6.80. The maximum absolute atomic E-state index is 6.15. The van der Waals surface area contributed by atoms with Crippen LogP contribution in [-0.2, 0) is 9.47 Å². The van der Waals surface area contributed by atoms with Crippen LogP contribution in [-0.4, -0.2) is 111 Å². The molecule has 0 aliphatic carbocycles. The molecule has 4 saturated heterocycles. The van der Waals surface area contributed by atoms with E-state index in [0.717, 1.165) is 52.7 Å². The van der Waals surface area contributed by atoms with Crippen LogP contribution in [0.5, 0.6) is 0 Å². The van der Waals surface area contributed by atoms with Gasteiger partial charge in [-0.25, -0.2) is 0 Å². The summed E-state index contributed by atoms with van der Waals surface area (Å²) < 4.78 is 12.3. The van der Waals surface area contributed by atoms with Crippen molar-refractivity contribution in [2.45, 2.75) is 24.3 Å². The molecule has 0 N–H and O–H groups in total. The van der Waals surface area contributed by atoms with Crippen molar-refractivity contribution < 1.29 is 9.47 Å². The minimum Gasteiger partial charge on any atom is -0.372 e. The highest BCUT2D eigenvalue weighted by molar-refractivity contribution is 5.03. The van der Waals surface area contributed by atoms with Gasteiger partial charge in [0, 0.05) is 26.2 Å². The first-order valence-electron chi connectivity index (χ1n) is 7.81. The summed E-state index contributed by atoms with van der Waals surface area (Å²) in [6.45, 7) is 8.40. The van der Waals surface area contributed by atoms with Crippen LogP contribution in [0.3, 0.4) is 0 Å². The summed E-state index contributed by atoms with van der Waals surface area (Å²) in [5.41, 5.74) is 0. The van der Waals surface area contributed by atoms with Crippen LogP contribution < -0.4 is 0 Å². The van der Waals surface area contributed by atoms with Crippen molar-refractivity contribution in [2.24, 2.45) is 0 Å². The largest absolute Gasteiger partial charge is 0.372 e. The number of ether oxygens (including phenoxy) is 2. The van der Waals surface area contributed by atoms with E-state index < -0.39 is 0 Å². The van der Waals surface area contributed by atoms with Gasteiger partial charge in [0.15, 0.2) is 0 Å². The number of likely N-dealkylation sites (N-methyl/N-ethyl adjacent to an activating group) is 2. The molecule has 0 aromatic rings. The highest BCUT2D eigenvalue weighted by Crippen LogP contribution is 2.33. The van der Waals surface area contributed by atoms with Gasteiger partial charge in [0.25, 0.3) is 0 Å². The Balaban J connectivity index is 1.42. The molecule has 4 aliphatic rings. The Morgan fingerprint density at radius 1 is 0.700 bits per heavy atom. The highest BCUT2D eigenvalue weighted by Gasteiger charge is 2.52. The summed E-state index contributed by atoms with van der Waals surface area (Å²) in [4.78, 5) is 9.80. The first kappa shape index (κ1) is 13.4. The Morgan fingerprint density at radius 2 is 1.15 bits per heavy atom. The fourth-order valence-electron chi connectivity index (χ4n) is 4.13. The Hall–Kier alpha value is -0.240. The third-order valence-corrected chi connectivity index (χ3v) is 5.32. The van der Waals surface area contributed by atoms with Gasteiger partial charge in [-0.2, -0.15) is 0 Å². The van der Waals surface area contributed by atoms with Gasteiger partial charge in [-0.3, -0.25) is 19.6 Å². The van der Waals surface area contributed by atoms with Crippen LogP contribution in [0.4, 0.5) is 0 Å². The molecule has 4 fully saturated rings. The minimum absolute atomic E-state index is 0.275. The van der Waals surface area contributed by atoms with Crippen LogP contribution in [0.25, 0.3) is 0 Å². The van der Waals surface area contributed by atoms with E-state index in [-0.39, 0.29) is 12.2 Å². The van der Waals surface area contributed by atoms with Crippen molar-refractivity contribution in [1.82, 2.24) is 19.6 Å². The molecule has 0 aromatic carbocycles. The summed E-state index contributed by atoms with van der Waals surface area (Å²) in [6, 6.07) is 0.908. The summed E-state index contributed by atoms with van der Waals surface area (Å²) in [5.74, 6) is 0. The van der Waals surface area contributed by atoms with Crippen LogP contribution in [0, 0.1) is 0 Å². The van der Waals surface area contributed by atoms with E-state index in [9.17, 15) is 0 Å². The molecule has 114 valence electrons. The van der Waals surface area contributed by atoms with Gasteiger partial charge in [0.1, 0.15) is 12.2 Å². The molecule has 0 bridgehead atoms. The van der Waals surface area contributed by atoms with Gasteiger partial charge in [-0.05, 0) is 14.1 Å². The molecule has 3 unspecified atom stereocenters. The molecule has 0 radical (unpaired) electrons. The molecule has 0 spiro atoms. The molecule has 20 heavy (non-hydrogen) atoms. The average molecular weight is 282 g/mol. The number of hydrogen-bond donors (Lipinski definition) is 0. The van der Waals surface area contributed by atoms with E-state index in [0.29, 0.717) is 12.1 Å². The summed E-state index contributed by atoms with van der Waals surface area (Å²) >= 11 is 0. The molecule has 0 saturated carbocycles. The summed E-state index contributed by atoms with van der Waals surface area (Å²) in [7, 11) is 4.37. The van der Waals surface area contributed by atoms with Crippen LogP contribution in [0.1, 0.15) is 0 Å². The Bertz CT molecular complexity index is 335. The zero-order valence-electron chi connectivity index (χ0n) is 12.6. The SMILES string of the molecule is CN1CCN(C2CO[C@H]3C2OCC3N2CCN(C)C2)C1. The third-order valence-electron chi connectivity index (χ3n) is 5.32. The topological polar surface area (TPSA) is 31.4 Å². The molecule has 0 aromatic heterocycles. The first-order chi connectivity index (χ1) is 9.72. The van der Waals surface area contributed by atoms with Crippen LogP contribution in [0.2, 0.25) is 0 Å². The number of hydrogen-bond acceptors (Lipinski definition) is 6. The normalized spacial score (nSPS) is 44.7. The van der Waals surface area contributed by atoms with E-state index in [2.05, 4.69) is 33.7 Å². The van der Waals surface area contributed by atoms with Gasteiger partial charge in [0.2, 0.25) is 0 Å². The van der Waals surface area contributed by atoms with Crippen molar-refractivity contribution in [3.63, 3.8) is 0 Å². The summed E-state index contributed by atoms with van der Waals surface area (Å²) in [6.07, 6.45) is 0.551. The predicted molar refractivity (Wildman–Crippen MR) is 75.5 cm³/mol. The lowest BCUT2D eigenvalue weighted by atomic mass is 10.0. The zero-order valence-corrected chi connectivity index (χ0v) is 12.6. The Kier molecular flexibility index (Phi) is 3.48. The number of fused-ring (bicyclic) bond motifs is 1. The van der Waals surface area contributed by atoms with Gasteiger partial charge in [-0.15, -0.1) is 0 Å². The highest BCUT2D eigenvalue weighted by atomic mass is 16.6. The molecule has 4 aliphatic heterocycles. The fourth-order valence-corrected chi connectivity index (χ4v) is 4.13. The standard InChI is InChI=1S/C14H26N4O2/c1-15-3-5-17(9-15)11-7-19-14-12(8-20-13(11)14)18-6-4-16(2)10-18/h11-14H,3-10H2,1-2H3/t11?,12?,13-,14?/m1/s1. The van der Waals surface area contributed by atoms with Crippen molar-refractivity contribution >= 4 is 0 Å². The number of rotatable bonds is 2.